The number of nitrogens with zero attached hydrogens (tertiary/aromatic N) is 1. The van der Waals surface area contributed by atoms with Crippen LogP contribution in [0.25, 0.3) is 0 Å². The lowest BCUT2D eigenvalue weighted by Gasteiger charge is -2.12. The number of rotatable bonds is 2. The highest BCUT2D eigenvalue weighted by Crippen LogP contribution is 2.28. The highest BCUT2D eigenvalue weighted by molar-refractivity contribution is 9.10. The average Bonchev–Trinajstić information content (AvgIpc) is 2.36. The van der Waals surface area contributed by atoms with Gasteiger partial charge in [0.2, 0.25) is 0 Å². The number of aryl methyl sites for hydroxylation is 2. The van der Waals surface area contributed by atoms with Gasteiger partial charge in [0.1, 0.15) is 5.82 Å². The SMILES string of the molecule is Cc1cc(C)c(NC(=O)c2cc(Br)cnc2N)c(Br)c1. The van der Waals surface area contributed by atoms with Crippen LogP contribution in [0.5, 0.6) is 0 Å². The van der Waals surface area contributed by atoms with Crippen molar-refractivity contribution < 1.29 is 4.79 Å². The van der Waals surface area contributed by atoms with E-state index in [4.69, 9.17) is 5.73 Å². The van der Waals surface area contributed by atoms with E-state index in [0.29, 0.717) is 10.0 Å². The van der Waals surface area contributed by atoms with Crippen LogP contribution in [0.2, 0.25) is 0 Å². The van der Waals surface area contributed by atoms with Gasteiger partial charge in [-0.1, -0.05) is 6.07 Å². The standard InChI is InChI=1S/C14H13Br2N3O/c1-7-3-8(2)12(11(16)4-7)19-14(20)10-5-9(15)6-18-13(10)17/h3-6H,1-2H3,(H2,17,18)(H,19,20). The number of hydrogen-bond donors (Lipinski definition) is 2. The summed E-state index contributed by atoms with van der Waals surface area (Å²) >= 11 is 6.74. The summed E-state index contributed by atoms with van der Waals surface area (Å²) < 4.78 is 1.54. The van der Waals surface area contributed by atoms with Crippen LogP contribution in [-0.4, -0.2) is 10.9 Å². The molecule has 6 heteroatoms. The predicted octanol–water partition coefficient (Wildman–Crippen LogP) is 4.06. The lowest BCUT2D eigenvalue weighted by molar-refractivity contribution is 0.102. The quantitative estimate of drug-likeness (QED) is 0.801. The number of carbonyl (C=O) groups is 1. The van der Waals surface area contributed by atoms with Crippen LogP contribution in [-0.2, 0) is 0 Å². The number of hydrogen-bond acceptors (Lipinski definition) is 3. The Morgan fingerprint density at radius 3 is 2.60 bits per heavy atom. The second kappa shape index (κ2) is 5.93. The van der Waals surface area contributed by atoms with Crippen molar-refractivity contribution in [1.82, 2.24) is 4.98 Å². The van der Waals surface area contributed by atoms with Crippen molar-refractivity contribution in [2.75, 3.05) is 11.1 Å². The molecule has 0 aliphatic rings. The highest BCUT2D eigenvalue weighted by Gasteiger charge is 2.14. The van der Waals surface area contributed by atoms with E-state index in [1.807, 2.05) is 26.0 Å². The number of carbonyl (C=O) groups excluding carboxylic acids is 1. The number of nitrogens with one attached hydrogen (secondary N) is 1. The van der Waals surface area contributed by atoms with Crippen LogP contribution >= 0.6 is 31.9 Å². The number of benzene rings is 1. The zero-order chi connectivity index (χ0) is 14.9. The maximum Gasteiger partial charge on any atom is 0.259 e. The van der Waals surface area contributed by atoms with Crippen LogP contribution < -0.4 is 11.1 Å². The molecule has 0 atom stereocenters. The van der Waals surface area contributed by atoms with E-state index in [-0.39, 0.29) is 11.7 Å². The summed E-state index contributed by atoms with van der Waals surface area (Å²) in [6, 6.07) is 5.60. The number of amides is 1. The maximum absolute atomic E-state index is 12.3. The smallest absolute Gasteiger partial charge is 0.259 e. The summed E-state index contributed by atoms with van der Waals surface area (Å²) in [6.07, 6.45) is 1.55. The molecule has 20 heavy (non-hydrogen) atoms. The Labute approximate surface area is 134 Å². The van der Waals surface area contributed by atoms with E-state index >= 15 is 0 Å². The maximum atomic E-state index is 12.3. The Morgan fingerprint density at radius 1 is 1.25 bits per heavy atom. The summed E-state index contributed by atoms with van der Waals surface area (Å²) in [5.74, 6) is -0.0875. The number of anilines is 2. The zero-order valence-corrected chi connectivity index (χ0v) is 14.2. The van der Waals surface area contributed by atoms with Gasteiger partial charge in [-0.3, -0.25) is 4.79 Å². The molecule has 0 radical (unpaired) electrons. The lowest BCUT2D eigenvalue weighted by Crippen LogP contribution is -2.16. The van der Waals surface area contributed by atoms with Crippen molar-refractivity contribution >= 4 is 49.3 Å². The molecule has 2 rings (SSSR count). The summed E-state index contributed by atoms with van der Waals surface area (Å²) in [5, 5.41) is 2.86. The van der Waals surface area contributed by atoms with Crippen molar-refractivity contribution in [3.8, 4) is 0 Å². The van der Waals surface area contributed by atoms with E-state index in [1.54, 1.807) is 12.3 Å². The molecular weight excluding hydrogens is 386 g/mol. The molecule has 0 spiro atoms. The van der Waals surface area contributed by atoms with E-state index in [0.717, 1.165) is 21.3 Å². The van der Waals surface area contributed by atoms with Crippen LogP contribution in [0.4, 0.5) is 11.5 Å². The van der Waals surface area contributed by atoms with E-state index < -0.39 is 0 Å². The van der Waals surface area contributed by atoms with Gasteiger partial charge in [0.25, 0.3) is 5.91 Å². The number of nitrogens with two attached hydrogens (primary N) is 1. The molecule has 0 saturated carbocycles. The molecule has 4 nitrogen and oxygen atoms in total. The first-order valence-electron chi connectivity index (χ1n) is 5.87. The summed E-state index contributed by atoms with van der Waals surface area (Å²) in [5.41, 5.74) is 8.91. The van der Waals surface area contributed by atoms with Crippen LogP contribution in [0.1, 0.15) is 21.5 Å². The molecule has 0 fully saturated rings. The van der Waals surface area contributed by atoms with Crippen LogP contribution in [0.3, 0.4) is 0 Å². The molecule has 0 unspecified atom stereocenters. The van der Waals surface area contributed by atoms with E-state index in [2.05, 4.69) is 42.2 Å². The summed E-state index contributed by atoms with van der Waals surface area (Å²) in [7, 11) is 0. The molecule has 1 amide bonds. The van der Waals surface area contributed by atoms with Gasteiger partial charge in [0.05, 0.1) is 11.3 Å². The Kier molecular flexibility index (Phi) is 4.45. The largest absolute Gasteiger partial charge is 0.383 e. The number of halogens is 2. The van der Waals surface area contributed by atoms with Gasteiger partial charge in [-0.05, 0) is 69.0 Å². The molecular formula is C14H13Br2N3O. The Bertz CT molecular complexity index is 663. The average molecular weight is 399 g/mol. The van der Waals surface area contributed by atoms with Gasteiger partial charge in [0.15, 0.2) is 0 Å². The third-order valence-electron chi connectivity index (χ3n) is 2.80. The first kappa shape index (κ1) is 15.0. The molecule has 2 aromatic rings. The molecule has 0 bridgehead atoms. The van der Waals surface area contributed by atoms with Gasteiger partial charge < -0.3 is 11.1 Å². The molecule has 1 heterocycles. The zero-order valence-electron chi connectivity index (χ0n) is 11.0. The topological polar surface area (TPSA) is 68.0 Å². The second-order valence-electron chi connectivity index (χ2n) is 4.48. The Morgan fingerprint density at radius 2 is 1.95 bits per heavy atom. The minimum Gasteiger partial charge on any atom is -0.383 e. The van der Waals surface area contributed by atoms with Gasteiger partial charge >= 0.3 is 0 Å². The third kappa shape index (κ3) is 3.19. The molecule has 0 saturated heterocycles. The number of pyridine rings is 1. The normalized spacial score (nSPS) is 10.4. The van der Waals surface area contributed by atoms with Crippen molar-refractivity contribution in [2.24, 2.45) is 0 Å². The summed E-state index contributed by atoms with van der Waals surface area (Å²) in [4.78, 5) is 16.3. The van der Waals surface area contributed by atoms with Gasteiger partial charge in [-0.2, -0.15) is 0 Å². The molecule has 104 valence electrons. The first-order chi connectivity index (χ1) is 9.38. The molecule has 3 N–H and O–H groups in total. The van der Waals surface area contributed by atoms with E-state index in [9.17, 15) is 4.79 Å². The molecule has 0 aliphatic heterocycles. The minimum absolute atomic E-state index is 0.201. The van der Waals surface area contributed by atoms with Crippen molar-refractivity contribution in [1.29, 1.82) is 0 Å². The predicted molar refractivity (Wildman–Crippen MR) is 87.9 cm³/mol. The van der Waals surface area contributed by atoms with Crippen molar-refractivity contribution in [2.45, 2.75) is 13.8 Å². The number of nitrogen functional groups attached to an aromatic ring is 1. The van der Waals surface area contributed by atoms with Gasteiger partial charge in [0, 0.05) is 15.1 Å². The van der Waals surface area contributed by atoms with Crippen LogP contribution in [0, 0.1) is 13.8 Å². The summed E-state index contributed by atoms with van der Waals surface area (Å²) in [6.45, 7) is 3.94. The first-order valence-corrected chi connectivity index (χ1v) is 7.46. The fourth-order valence-electron chi connectivity index (χ4n) is 1.89. The molecule has 1 aromatic carbocycles. The Hall–Kier alpha value is -1.40. The van der Waals surface area contributed by atoms with E-state index in [1.165, 1.54) is 0 Å². The lowest BCUT2D eigenvalue weighted by atomic mass is 10.1. The van der Waals surface area contributed by atoms with Crippen molar-refractivity contribution in [3.05, 3.63) is 50.0 Å². The fraction of sp³-hybridized carbons (Fsp3) is 0.143. The highest BCUT2D eigenvalue weighted by atomic mass is 79.9. The van der Waals surface area contributed by atoms with Crippen LogP contribution in [0.15, 0.2) is 33.3 Å². The monoisotopic (exact) mass is 397 g/mol. The fourth-order valence-corrected chi connectivity index (χ4v) is 2.99. The van der Waals surface area contributed by atoms with Crippen molar-refractivity contribution in [3.63, 3.8) is 0 Å². The third-order valence-corrected chi connectivity index (χ3v) is 3.86. The molecule has 0 aliphatic carbocycles. The van der Waals surface area contributed by atoms with Gasteiger partial charge in [-0.25, -0.2) is 4.98 Å². The number of aromatic nitrogens is 1. The van der Waals surface area contributed by atoms with Gasteiger partial charge in [-0.15, -0.1) is 0 Å². The molecule has 1 aromatic heterocycles. The Balaban J connectivity index is 2.35. The second-order valence-corrected chi connectivity index (χ2v) is 6.25. The minimum atomic E-state index is -0.288.